The topological polar surface area (TPSA) is 104 Å². The zero-order chi connectivity index (χ0) is 29.0. The average Bonchev–Trinajstić information content (AvgIpc) is 3.43. The summed E-state index contributed by atoms with van der Waals surface area (Å²) in [6, 6.07) is 15.7. The van der Waals surface area contributed by atoms with Crippen LogP contribution in [-0.4, -0.2) is 51.7 Å². The molecule has 1 aliphatic rings. The van der Waals surface area contributed by atoms with Gasteiger partial charge in [0.25, 0.3) is 5.91 Å². The third-order valence-corrected chi connectivity index (χ3v) is 7.79. The summed E-state index contributed by atoms with van der Waals surface area (Å²) >= 11 is 0. The fraction of sp³-hybridized carbons (Fsp3) is 0.281. The standard InChI is InChI=1S/C32H31FN4O4/c1-17-14-36(15-18(2)40-17)32(39)21-9-10-27-24(11-21)30-25(31(34)38)12-23(29-19(3)35-41-20(29)4)13-28(30)37(27)16-22-7-5-6-8-26(22)33/h5-13,17-18H,14-16H2,1-4H3,(H2,34,38)/t17-,18+. The van der Waals surface area contributed by atoms with E-state index in [1.54, 1.807) is 35.2 Å². The Morgan fingerprint density at radius 2 is 1.76 bits per heavy atom. The van der Waals surface area contributed by atoms with Gasteiger partial charge in [-0.25, -0.2) is 4.39 Å². The number of aryl methyl sites for hydroxylation is 2. The molecule has 1 saturated heterocycles. The van der Waals surface area contributed by atoms with Crippen molar-refractivity contribution < 1.29 is 23.2 Å². The van der Waals surface area contributed by atoms with E-state index in [1.165, 1.54) is 6.07 Å². The van der Waals surface area contributed by atoms with Gasteiger partial charge in [-0.3, -0.25) is 9.59 Å². The largest absolute Gasteiger partial charge is 0.372 e. The van der Waals surface area contributed by atoms with Crippen molar-refractivity contribution in [2.45, 2.75) is 46.4 Å². The van der Waals surface area contributed by atoms with Crippen LogP contribution in [-0.2, 0) is 11.3 Å². The molecule has 2 N–H and O–H groups in total. The molecule has 210 valence electrons. The van der Waals surface area contributed by atoms with Gasteiger partial charge in [0.05, 0.1) is 30.0 Å². The van der Waals surface area contributed by atoms with Crippen LogP contribution in [0.4, 0.5) is 4.39 Å². The number of aromatic nitrogens is 2. The Bertz CT molecular complexity index is 1810. The molecular weight excluding hydrogens is 523 g/mol. The van der Waals surface area contributed by atoms with Gasteiger partial charge < -0.3 is 24.5 Å². The second-order valence-electron chi connectivity index (χ2n) is 10.9. The summed E-state index contributed by atoms with van der Waals surface area (Å²) in [6.45, 7) is 8.73. The molecule has 0 radical (unpaired) electrons. The molecule has 3 aromatic carbocycles. The summed E-state index contributed by atoms with van der Waals surface area (Å²) in [7, 11) is 0. The highest BCUT2D eigenvalue weighted by Crippen LogP contribution is 2.38. The van der Waals surface area contributed by atoms with E-state index in [9.17, 15) is 14.0 Å². The van der Waals surface area contributed by atoms with E-state index in [0.29, 0.717) is 63.1 Å². The maximum atomic E-state index is 14.9. The third kappa shape index (κ3) is 4.66. The molecule has 0 saturated carbocycles. The van der Waals surface area contributed by atoms with Crippen LogP contribution in [0.2, 0.25) is 0 Å². The number of hydrogen-bond acceptors (Lipinski definition) is 5. The molecule has 6 rings (SSSR count). The van der Waals surface area contributed by atoms with Crippen LogP contribution in [0.1, 0.15) is 51.6 Å². The molecule has 2 atom stereocenters. The molecule has 1 fully saturated rings. The van der Waals surface area contributed by atoms with E-state index in [4.69, 9.17) is 15.0 Å². The SMILES string of the molecule is Cc1noc(C)c1-c1cc(C(N)=O)c2c3cc(C(=O)N4C[C@@H](C)O[C@@H](C)C4)ccc3n(Cc3ccccc3F)c2c1. The van der Waals surface area contributed by atoms with E-state index >= 15 is 0 Å². The second kappa shape index (κ2) is 10.2. The molecule has 1 aliphatic heterocycles. The van der Waals surface area contributed by atoms with Crippen LogP contribution in [0.15, 0.2) is 59.1 Å². The predicted octanol–water partition coefficient (Wildman–Crippen LogP) is 5.60. The first-order valence-electron chi connectivity index (χ1n) is 13.6. The number of morpholine rings is 1. The fourth-order valence-electron chi connectivity index (χ4n) is 6.08. The fourth-order valence-corrected chi connectivity index (χ4v) is 6.08. The minimum atomic E-state index is -0.610. The first-order valence-corrected chi connectivity index (χ1v) is 13.6. The summed E-state index contributed by atoms with van der Waals surface area (Å²) < 4.78 is 28.0. The van der Waals surface area contributed by atoms with Crippen LogP contribution in [0, 0.1) is 19.7 Å². The Morgan fingerprint density at radius 3 is 2.41 bits per heavy atom. The number of rotatable bonds is 5. The molecule has 0 bridgehead atoms. The normalized spacial score (nSPS) is 17.4. The Hall–Kier alpha value is -4.50. The van der Waals surface area contributed by atoms with Crippen LogP contribution in [0.5, 0.6) is 0 Å². The summed E-state index contributed by atoms with van der Waals surface area (Å²) in [6.07, 6.45) is -0.142. The quantitative estimate of drug-likeness (QED) is 0.305. The number of amides is 2. The molecule has 5 aromatic rings. The van der Waals surface area contributed by atoms with Crippen LogP contribution < -0.4 is 5.73 Å². The number of ether oxygens (including phenoxy) is 1. The Labute approximate surface area is 236 Å². The molecule has 2 aromatic heterocycles. The molecule has 0 aliphatic carbocycles. The number of halogens is 1. The van der Waals surface area contributed by atoms with Crippen molar-refractivity contribution in [3.05, 3.63) is 88.6 Å². The first-order chi connectivity index (χ1) is 19.6. The zero-order valence-electron chi connectivity index (χ0n) is 23.4. The number of nitrogens with zero attached hydrogens (tertiary/aromatic N) is 3. The van der Waals surface area contributed by atoms with Crippen molar-refractivity contribution in [2.24, 2.45) is 5.73 Å². The van der Waals surface area contributed by atoms with Crippen molar-refractivity contribution in [3.63, 3.8) is 0 Å². The zero-order valence-corrected chi connectivity index (χ0v) is 23.4. The molecule has 3 heterocycles. The Balaban J connectivity index is 1.61. The second-order valence-corrected chi connectivity index (χ2v) is 10.9. The lowest BCUT2D eigenvalue weighted by atomic mass is 9.97. The highest BCUT2D eigenvalue weighted by atomic mass is 19.1. The lowest BCUT2D eigenvalue weighted by molar-refractivity contribution is -0.0586. The average molecular weight is 555 g/mol. The van der Waals surface area contributed by atoms with Gasteiger partial charge in [-0.1, -0.05) is 23.4 Å². The van der Waals surface area contributed by atoms with Gasteiger partial charge >= 0.3 is 0 Å². The van der Waals surface area contributed by atoms with Gasteiger partial charge in [0.2, 0.25) is 5.91 Å². The summed E-state index contributed by atoms with van der Waals surface area (Å²) in [5, 5.41) is 5.38. The highest BCUT2D eigenvalue weighted by molar-refractivity contribution is 6.20. The van der Waals surface area contributed by atoms with Crippen molar-refractivity contribution in [1.29, 1.82) is 0 Å². The van der Waals surface area contributed by atoms with E-state index in [2.05, 4.69) is 5.16 Å². The van der Waals surface area contributed by atoms with Crippen LogP contribution >= 0.6 is 0 Å². The minimum Gasteiger partial charge on any atom is -0.372 e. The minimum absolute atomic E-state index is 0.0710. The maximum absolute atomic E-state index is 14.9. The van der Waals surface area contributed by atoms with Crippen molar-refractivity contribution in [2.75, 3.05) is 13.1 Å². The number of nitrogens with two attached hydrogens (primary N) is 1. The number of benzene rings is 3. The number of hydrogen-bond donors (Lipinski definition) is 1. The van der Waals surface area contributed by atoms with Gasteiger partial charge in [0.15, 0.2) is 0 Å². The van der Waals surface area contributed by atoms with E-state index in [1.807, 2.05) is 50.5 Å². The van der Waals surface area contributed by atoms with E-state index in [-0.39, 0.29) is 30.5 Å². The lowest BCUT2D eigenvalue weighted by Gasteiger charge is -2.35. The number of primary amides is 1. The Morgan fingerprint density at radius 1 is 1.02 bits per heavy atom. The summed E-state index contributed by atoms with van der Waals surface area (Å²) in [5.41, 5.74) is 10.8. The third-order valence-electron chi connectivity index (χ3n) is 7.79. The van der Waals surface area contributed by atoms with Crippen molar-refractivity contribution >= 4 is 33.6 Å². The van der Waals surface area contributed by atoms with Crippen molar-refractivity contribution in [3.8, 4) is 11.1 Å². The molecular formula is C32H31FN4O4. The van der Waals surface area contributed by atoms with E-state index < -0.39 is 5.91 Å². The Kier molecular flexibility index (Phi) is 6.62. The number of fused-ring (bicyclic) bond motifs is 3. The smallest absolute Gasteiger partial charge is 0.254 e. The lowest BCUT2D eigenvalue weighted by Crippen LogP contribution is -2.48. The van der Waals surface area contributed by atoms with E-state index in [0.717, 1.165) is 11.1 Å². The molecule has 2 amide bonds. The molecule has 0 spiro atoms. The van der Waals surface area contributed by atoms with Crippen LogP contribution in [0.3, 0.4) is 0 Å². The molecule has 0 unspecified atom stereocenters. The summed E-state index contributed by atoms with van der Waals surface area (Å²) in [4.78, 5) is 28.4. The van der Waals surface area contributed by atoms with Crippen molar-refractivity contribution in [1.82, 2.24) is 14.6 Å². The number of carbonyl (C=O) groups is 2. The van der Waals surface area contributed by atoms with Gasteiger partial charge in [-0.2, -0.15) is 0 Å². The van der Waals surface area contributed by atoms with Gasteiger partial charge in [0.1, 0.15) is 11.6 Å². The van der Waals surface area contributed by atoms with Crippen LogP contribution in [0.25, 0.3) is 32.9 Å². The highest BCUT2D eigenvalue weighted by Gasteiger charge is 2.28. The first kappa shape index (κ1) is 26.7. The monoisotopic (exact) mass is 554 g/mol. The van der Waals surface area contributed by atoms with Gasteiger partial charge in [-0.15, -0.1) is 0 Å². The maximum Gasteiger partial charge on any atom is 0.254 e. The van der Waals surface area contributed by atoms with Gasteiger partial charge in [0, 0.05) is 51.6 Å². The van der Waals surface area contributed by atoms with Gasteiger partial charge in [-0.05, 0) is 69.7 Å². The number of carbonyl (C=O) groups excluding carboxylic acids is 2. The predicted molar refractivity (Wildman–Crippen MR) is 154 cm³/mol. The molecule has 41 heavy (non-hydrogen) atoms. The summed E-state index contributed by atoms with van der Waals surface area (Å²) in [5.74, 6) is -0.448. The molecule has 9 heteroatoms. The molecule has 8 nitrogen and oxygen atoms in total.